The summed E-state index contributed by atoms with van der Waals surface area (Å²) in [5.74, 6) is -1.07. The normalized spacial score (nSPS) is 11.3. The summed E-state index contributed by atoms with van der Waals surface area (Å²) in [5.41, 5.74) is 1.34. The molecule has 0 saturated heterocycles. The van der Waals surface area contributed by atoms with E-state index < -0.39 is 17.2 Å². The molecule has 4 rings (SSSR count). The lowest BCUT2D eigenvalue weighted by atomic mass is 9.84. The number of aromatic nitrogens is 1. The van der Waals surface area contributed by atoms with E-state index >= 15 is 0 Å². The van der Waals surface area contributed by atoms with E-state index in [4.69, 9.17) is 4.42 Å². The molecule has 1 amide bonds. The molecule has 4 nitrogen and oxygen atoms in total. The molecule has 1 heterocycles. The van der Waals surface area contributed by atoms with Crippen molar-refractivity contribution >= 4 is 5.91 Å². The van der Waals surface area contributed by atoms with Crippen molar-refractivity contribution in [2.45, 2.75) is 25.3 Å². The van der Waals surface area contributed by atoms with Crippen molar-refractivity contribution < 1.29 is 18.0 Å². The fourth-order valence-corrected chi connectivity index (χ4v) is 3.66. The molecule has 0 aliphatic heterocycles. The number of hydrogen-bond acceptors (Lipinski definition) is 3. The van der Waals surface area contributed by atoms with Crippen molar-refractivity contribution in [1.82, 2.24) is 10.3 Å². The van der Waals surface area contributed by atoms with Crippen LogP contribution in [0.25, 0.3) is 11.3 Å². The van der Waals surface area contributed by atoms with E-state index in [9.17, 15) is 13.6 Å². The summed E-state index contributed by atoms with van der Waals surface area (Å²) in [4.78, 5) is 17.0. The van der Waals surface area contributed by atoms with Gasteiger partial charge in [0.1, 0.15) is 11.6 Å². The maximum absolute atomic E-state index is 14.0. The van der Waals surface area contributed by atoms with Crippen LogP contribution in [0.3, 0.4) is 0 Å². The predicted octanol–water partition coefficient (Wildman–Crippen LogP) is 5.63. The first kappa shape index (κ1) is 21.4. The smallest absolute Gasteiger partial charge is 0.221 e. The van der Waals surface area contributed by atoms with Crippen LogP contribution in [0.5, 0.6) is 0 Å². The third-order valence-electron chi connectivity index (χ3n) is 5.41. The number of carbonyl (C=O) groups is 1. The number of oxazole rings is 1. The molecule has 0 bridgehead atoms. The highest BCUT2D eigenvalue weighted by Crippen LogP contribution is 2.29. The van der Waals surface area contributed by atoms with Gasteiger partial charge in [0.2, 0.25) is 5.91 Å². The summed E-state index contributed by atoms with van der Waals surface area (Å²) in [6.07, 6.45) is 1.76. The van der Waals surface area contributed by atoms with Crippen LogP contribution in [0.15, 0.2) is 89.5 Å². The van der Waals surface area contributed by atoms with Gasteiger partial charge in [0.15, 0.2) is 11.7 Å². The van der Waals surface area contributed by atoms with Gasteiger partial charge < -0.3 is 9.73 Å². The van der Waals surface area contributed by atoms with Crippen molar-refractivity contribution in [3.8, 4) is 11.3 Å². The van der Waals surface area contributed by atoms with Crippen LogP contribution in [0.1, 0.15) is 30.4 Å². The largest absolute Gasteiger partial charge is 0.441 e. The van der Waals surface area contributed by atoms with Crippen LogP contribution in [0.4, 0.5) is 8.78 Å². The Balaban J connectivity index is 1.47. The SMILES string of the molecule is CC(NC(=O)CCc1ncc(-c2ccc(F)cc2F)o1)(c1ccccc1)c1ccccc1. The summed E-state index contributed by atoms with van der Waals surface area (Å²) in [6.45, 7) is 1.97. The van der Waals surface area contributed by atoms with E-state index in [1.165, 1.54) is 12.3 Å². The molecule has 1 N–H and O–H groups in total. The van der Waals surface area contributed by atoms with E-state index in [0.29, 0.717) is 5.89 Å². The predicted molar refractivity (Wildman–Crippen MR) is 118 cm³/mol. The van der Waals surface area contributed by atoms with E-state index in [0.717, 1.165) is 23.3 Å². The fourth-order valence-electron chi connectivity index (χ4n) is 3.66. The van der Waals surface area contributed by atoms with Gasteiger partial charge in [-0.25, -0.2) is 13.8 Å². The third-order valence-corrected chi connectivity index (χ3v) is 5.41. The Labute approximate surface area is 184 Å². The lowest BCUT2D eigenvalue weighted by Gasteiger charge is -2.32. The number of rotatable bonds is 7. The van der Waals surface area contributed by atoms with E-state index in [1.54, 1.807) is 0 Å². The highest BCUT2D eigenvalue weighted by molar-refractivity contribution is 5.78. The first-order chi connectivity index (χ1) is 15.5. The molecule has 3 aromatic carbocycles. The minimum absolute atomic E-state index is 0.121. The highest BCUT2D eigenvalue weighted by Gasteiger charge is 2.30. The molecular weight excluding hydrogens is 410 g/mol. The van der Waals surface area contributed by atoms with E-state index in [-0.39, 0.29) is 30.1 Å². The number of halogens is 2. The molecular formula is C26H22F2N2O2. The van der Waals surface area contributed by atoms with Crippen molar-refractivity contribution in [2.24, 2.45) is 0 Å². The average molecular weight is 432 g/mol. The molecule has 0 aliphatic carbocycles. The van der Waals surface area contributed by atoms with Crippen molar-refractivity contribution in [2.75, 3.05) is 0 Å². The minimum atomic E-state index is -0.730. The zero-order valence-corrected chi connectivity index (χ0v) is 17.5. The van der Waals surface area contributed by atoms with Gasteiger partial charge >= 0.3 is 0 Å². The quantitative estimate of drug-likeness (QED) is 0.412. The number of carbonyl (C=O) groups excluding carboxylic acids is 1. The number of amides is 1. The summed E-state index contributed by atoms with van der Waals surface area (Å²) in [7, 11) is 0. The standard InChI is InChI=1S/C26H22F2N2O2/c1-26(18-8-4-2-5-9-18,19-10-6-3-7-11-19)30-24(31)14-15-25-29-17-23(32-25)21-13-12-20(27)16-22(21)28/h2-13,16-17H,14-15H2,1H3,(H,30,31). The summed E-state index contributed by atoms with van der Waals surface area (Å²) < 4.78 is 32.7. The van der Waals surface area contributed by atoms with E-state index in [1.807, 2.05) is 67.6 Å². The van der Waals surface area contributed by atoms with Gasteiger partial charge in [-0.05, 0) is 30.2 Å². The number of benzene rings is 3. The molecule has 32 heavy (non-hydrogen) atoms. The highest BCUT2D eigenvalue weighted by atomic mass is 19.1. The first-order valence-electron chi connectivity index (χ1n) is 10.3. The number of hydrogen-bond donors (Lipinski definition) is 1. The molecule has 162 valence electrons. The summed E-state index contributed by atoms with van der Waals surface area (Å²) in [5, 5.41) is 3.14. The summed E-state index contributed by atoms with van der Waals surface area (Å²) in [6, 6.07) is 22.8. The van der Waals surface area contributed by atoms with Crippen LogP contribution in [0.2, 0.25) is 0 Å². The molecule has 0 saturated carbocycles. The zero-order chi connectivity index (χ0) is 22.6. The second-order valence-electron chi connectivity index (χ2n) is 7.65. The van der Waals surface area contributed by atoms with E-state index in [2.05, 4.69) is 10.3 Å². The maximum atomic E-state index is 14.0. The van der Waals surface area contributed by atoms with Crippen LogP contribution in [-0.4, -0.2) is 10.9 Å². The first-order valence-corrected chi connectivity index (χ1v) is 10.3. The summed E-state index contributed by atoms with van der Waals surface area (Å²) >= 11 is 0. The van der Waals surface area contributed by atoms with Gasteiger partial charge in [-0.15, -0.1) is 0 Å². The van der Waals surface area contributed by atoms with Gasteiger partial charge in [0, 0.05) is 18.9 Å². The van der Waals surface area contributed by atoms with Crippen LogP contribution >= 0.6 is 0 Å². The molecule has 0 spiro atoms. The lowest BCUT2D eigenvalue weighted by Crippen LogP contribution is -2.44. The molecule has 6 heteroatoms. The lowest BCUT2D eigenvalue weighted by molar-refractivity contribution is -0.122. The Morgan fingerprint density at radius 2 is 1.59 bits per heavy atom. The molecule has 4 aromatic rings. The van der Waals surface area contributed by atoms with Crippen LogP contribution < -0.4 is 5.32 Å². The van der Waals surface area contributed by atoms with Crippen molar-refractivity contribution in [3.05, 3.63) is 114 Å². The molecule has 0 fully saturated rings. The van der Waals surface area contributed by atoms with Crippen LogP contribution in [0, 0.1) is 11.6 Å². The Hall–Kier alpha value is -3.80. The zero-order valence-electron chi connectivity index (χ0n) is 17.5. The molecule has 1 aromatic heterocycles. The topological polar surface area (TPSA) is 55.1 Å². The van der Waals surface area contributed by atoms with Gasteiger partial charge in [0.25, 0.3) is 0 Å². The Kier molecular flexibility index (Phi) is 6.12. The number of nitrogens with zero attached hydrogens (tertiary/aromatic N) is 1. The van der Waals surface area contributed by atoms with Crippen molar-refractivity contribution in [1.29, 1.82) is 0 Å². The second-order valence-corrected chi connectivity index (χ2v) is 7.65. The number of nitrogens with one attached hydrogen (secondary N) is 1. The Morgan fingerprint density at radius 3 is 2.19 bits per heavy atom. The number of aryl methyl sites for hydroxylation is 1. The second kappa shape index (κ2) is 9.14. The van der Waals surface area contributed by atoms with Crippen LogP contribution in [-0.2, 0) is 16.8 Å². The Bertz CT molecular complexity index is 1170. The minimum Gasteiger partial charge on any atom is -0.441 e. The average Bonchev–Trinajstić information content (AvgIpc) is 3.27. The molecule has 0 unspecified atom stereocenters. The third kappa shape index (κ3) is 4.59. The van der Waals surface area contributed by atoms with Gasteiger partial charge in [-0.3, -0.25) is 4.79 Å². The fraction of sp³-hybridized carbons (Fsp3) is 0.154. The molecule has 0 radical (unpaired) electrons. The Morgan fingerprint density at radius 1 is 0.969 bits per heavy atom. The maximum Gasteiger partial charge on any atom is 0.221 e. The van der Waals surface area contributed by atoms with Gasteiger partial charge in [-0.1, -0.05) is 60.7 Å². The van der Waals surface area contributed by atoms with Gasteiger partial charge in [-0.2, -0.15) is 0 Å². The van der Waals surface area contributed by atoms with Crippen molar-refractivity contribution in [3.63, 3.8) is 0 Å². The monoisotopic (exact) mass is 432 g/mol. The van der Waals surface area contributed by atoms with Gasteiger partial charge in [0.05, 0.1) is 17.3 Å². The molecule has 0 atom stereocenters. The molecule has 0 aliphatic rings.